The van der Waals surface area contributed by atoms with E-state index in [1.54, 1.807) is 25.5 Å². The fourth-order valence-electron chi connectivity index (χ4n) is 3.29. The van der Waals surface area contributed by atoms with Gasteiger partial charge in [-0.2, -0.15) is 5.10 Å². The number of hydrogen-bond acceptors (Lipinski definition) is 5. The molecule has 1 aliphatic heterocycles. The average molecular weight is 355 g/mol. The topological polar surface area (TPSA) is 80.1 Å². The molecule has 1 aliphatic rings. The molecular weight excluding hydrogens is 330 g/mol. The van der Waals surface area contributed by atoms with Crippen LogP contribution in [0.3, 0.4) is 0 Å². The number of aryl methyl sites for hydroxylation is 3. The van der Waals surface area contributed by atoms with Crippen molar-refractivity contribution >= 4 is 11.6 Å². The Kier molecular flexibility index (Phi) is 5.35. The average Bonchev–Trinajstić information content (AvgIpc) is 2.62. The lowest BCUT2D eigenvalue weighted by atomic mass is 9.96. The van der Waals surface area contributed by atoms with E-state index in [-0.39, 0.29) is 11.5 Å². The zero-order valence-electron chi connectivity index (χ0n) is 15.5. The smallest absolute Gasteiger partial charge is 0.268 e. The van der Waals surface area contributed by atoms with Gasteiger partial charge >= 0.3 is 0 Å². The second kappa shape index (κ2) is 7.68. The highest BCUT2D eigenvalue weighted by molar-refractivity contribution is 5.95. The van der Waals surface area contributed by atoms with Crippen molar-refractivity contribution in [1.82, 2.24) is 20.1 Å². The molecule has 0 unspecified atom stereocenters. The van der Waals surface area contributed by atoms with Gasteiger partial charge in [-0.05, 0) is 44.2 Å². The fraction of sp³-hybridized carbons (Fsp3) is 0.474. The first-order valence-corrected chi connectivity index (χ1v) is 8.94. The summed E-state index contributed by atoms with van der Waals surface area (Å²) >= 11 is 0. The largest absolute Gasteiger partial charge is 0.370 e. The van der Waals surface area contributed by atoms with E-state index >= 15 is 0 Å². The minimum atomic E-state index is -0.0982. The molecule has 0 bridgehead atoms. The van der Waals surface area contributed by atoms with Crippen molar-refractivity contribution in [2.24, 2.45) is 13.0 Å². The zero-order valence-corrected chi connectivity index (χ0v) is 15.5. The summed E-state index contributed by atoms with van der Waals surface area (Å²) < 4.78 is 1.33. The molecule has 138 valence electrons. The van der Waals surface area contributed by atoms with Crippen LogP contribution in [0.25, 0.3) is 0 Å². The first kappa shape index (κ1) is 18.1. The molecule has 0 radical (unpaired) electrons. The standard InChI is InChI=1S/C19H25N5O2/c1-13-8-14(2)20-12-17(13)19(26)21-10-15-4-6-24(7-5-15)16-9-18(25)23(3)22-11-16/h8-9,11-12,15H,4-7,10H2,1-3H3,(H,21,26). The number of nitrogens with one attached hydrogen (secondary N) is 1. The quantitative estimate of drug-likeness (QED) is 0.898. The summed E-state index contributed by atoms with van der Waals surface area (Å²) in [5.41, 5.74) is 3.27. The lowest BCUT2D eigenvalue weighted by Crippen LogP contribution is -2.39. The predicted molar refractivity (Wildman–Crippen MR) is 100 cm³/mol. The Morgan fingerprint density at radius 1 is 1.23 bits per heavy atom. The predicted octanol–water partition coefficient (Wildman–Crippen LogP) is 1.44. The number of nitrogens with zero attached hydrogens (tertiary/aromatic N) is 4. The van der Waals surface area contributed by atoms with Gasteiger partial charge in [0.2, 0.25) is 0 Å². The molecule has 1 saturated heterocycles. The lowest BCUT2D eigenvalue weighted by molar-refractivity contribution is 0.0944. The molecule has 1 fully saturated rings. The highest BCUT2D eigenvalue weighted by Crippen LogP contribution is 2.21. The number of piperidine rings is 1. The van der Waals surface area contributed by atoms with Gasteiger partial charge < -0.3 is 10.2 Å². The van der Waals surface area contributed by atoms with Crippen molar-refractivity contribution in [3.63, 3.8) is 0 Å². The summed E-state index contributed by atoms with van der Waals surface area (Å²) in [4.78, 5) is 30.5. The number of hydrogen-bond donors (Lipinski definition) is 1. The highest BCUT2D eigenvalue weighted by atomic mass is 16.1. The van der Waals surface area contributed by atoms with E-state index in [4.69, 9.17) is 0 Å². The van der Waals surface area contributed by atoms with Crippen LogP contribution in [0.5, 0.6) is 0 Å². The third-order valence-electron chi connectivity index (χ3n) is 4.98. The molecule has 26 heavy (non-hydrogen) atoms. The summed E-state index contributed by atoms with van der Waals surface area (Å²) in [6.07, 6.45) is 5.32. The molecule has 2 aromatic rings. The van der Waals surface area contributed by atoms with Gasteiger partial charge in [-0.1, -0.05) is 0 Å². The SMILES string of the molecule is Cc1cc(C)c(C(=O)NCC2CCN(c3cnn(C)c(=O)c3)CC2)cn1. The van der Waals surface area contributed by atoms with Crippen LogP contribution in [0.4, 0.5) is 5.69 Å². The van der Waals surface area contributed by atoms with Crippen molar-refractivity contribution in [3.05, 3.63) is 51.7 Å². The van der Waals surface area contributed by atoms with E-state index in [1.807, 2.05) is 19.9 Å². The zero-order chi connectivity index (χ0) is 18.7. The van der Waals surface area contributed by atoms with Gasteiger partial charge in [-0.25, -0.2) is 4.68 Å². The van der Waals surface area contributed by atoms with E-state index in [1.165, 1.54) is 4.68 Å². The Balaban J connectivity index is 1.51. The van der Waals surface area contributed by atoms with E-state index in [0.29, 0.717) is 18.0 Å². The second-order valence-electron chi connectivity index (χ2n) is 6.96. The molecule has 2 aromatic heterocycles. The molecular formula is C19H25N5O2. The van der Waals surface area contributed by atoms with Crippen molar-refractivity contribution in [3.8, 4) is 0 Å². The fourth-order valence-corrected chi connectivity index (χ4v) is 3.29. The summed E-state index contributed by atoms with van der Waals surface area (Å²) in [6.45, 7) is 6.23. The van der Waals surface area contributed by atoms with Crippen molar-refractivity contribution in [2.75, 3.05) is 24.5 Å². The van der Waals surface area contributed by atoms with Crippen LogP contribution < -0.4 is 15.8 Å². The number of carbonyl (C=O) groups excluding carboxylic acids is 1. The summed E-state index contributed by atoms with van der Waals surface area (Å²) in [5.74, 6) is 0.376. The Hall–Kier alpha value is -2.70. The molecule has 7 nitrogen and oxygen atoms in total. The number of anilines is 1. The minimum absolute atomic E-state index is 0.0619. The Morgan fingerprint density at radius 2 is 1.96 bits per heavy atom. The van der Waals surface area contributed by atoms with Crippen LogP contribution in [-0.4, -0.2) is 40.3 Å². The highest BCUT2D eigenvalue weighted by Gasteiger charge is 2.21. The van der Waals surface area contributed by atoms with E-state index in [9.17, 15) is 9.59 Å². The van der Waals surface area contributed by atoms with Crippen LogP contribution in [0.2, 0.25) is 0 Å². The van der Waals surface area contributed by atoms with Crippen LogP contribution >= 0.6 is 0 Å². The molecule has 0 aromatic carbocycles. The maximum Gasteiger partial charge on any atom is 0.268 e. The number of carbonyl (C=O) groups is 1. The van der Waals surface area contributed by atoms with Gasteiger partial charge in [0.15, 0.2) is 0 Å². The minimum Gasteiger partial charge on any atom is -0.370 e. The lowest BCUT2D eigenvalue weighted by Gasteiger charge is -2.33. The Labute approximate surface area is 153 Å². The number of aromatic nitrogens is 3. The molecule has 0 saturated carbocycles. The van der Waals surface area contributed by atoms with Crippen molar-refractivity contribution < 1.29 is 4.79 Å². The molecule has 1 amide bonds. The van der Waals surface area contributed by atoms with Gasteiger partial charge in [0.25, 0.3) is 11.5 Å². The van der Waals surface area contributed by atoms with Crippen molar-refractivity contribution in [1.29, 1.82) is 0 Å². The van der Waals surface area contributed by atoms with Gasteiger partial charge in [-0.3, -0.25) is 14.6 Å². The normalized spacial score (nSPS) is 15.1. The summed E-state index contributed by atoms with van der Waals surface area (Å²) in [6, 6.07) is 3.55. The molecule has 7 heteroatoms. The number of amides is 1. The monoisotopic (exact) mass is 355 g/mol. The van der Waals surface area contributed by atoms with Crippen LogP contribution in [-0.2, 0) is 7.05 Å². The Bertz CT molecular complexity index is 853. The number of rotatable bonds is 4. The van der Waals surface area contributed by atoms with Gasteiger partial charge in [0, 0.05) is 44.6 Å². The van der Waals surface area contributed by atoms with Gasteiger partial charge in [0.1, 0.15) is 0 Å². The van der Waals surface area contributed by atoms with E-state index in [2.05, 4.69) is 20.3 Å². The third kappa shape index (κ3) is 4.09. The van der Waals surface area contributed by atoms with Crippen molar-refractivity contribution in [2.45, 2.75) is 26.7 Å². The van der Waals surface area contributed by atoms with Crippen LogP contribution in [0.1, 0.15) is 34.5 Å². The van der Waals surface area contributed by atoms with Gasteiger partial charge in [0.05, 0.1) is 17.4 Å². The maximum atomic E-state index is 12.4. The van der Waals surface area contributed by atoms with Crippen LogP contribution in [0, 0.1) is 19.8 Å². The second-order valence-corrected chi connectivity index (χ2v) is 6.96. The summed E-state index contributed by atoms with van der Waals surface area (Å²) in [7, 11) is 1.65. The number of pyridine rings is 1. The molecule has 0 spiro atoms. The van der Waals surface area contributed by atoms with E-state index < -0.39 is 0 Å². The Morgan fingerprint density at radius 3 is 2.62 bits per heavy atom. The van der Waals surface area contributed by atoms with Gasteiger partial charge in [-0.15, -0.1) is 0 Å². The third-order valence-corrected chi connectivity index (χ3v) is 4.98. The first-order chi connectivity index (χ1) is 12.4. The molecule has 3 rings (SSSR count). The van der Waals surface area contributed by atoms with Crippen LogP contribution in [0.15, 0.2) is 29.3 Å². The molecule has 0 aliphatic carbocycles. The summed E-state index contributed by atoms with van der Waals surface area (Å²) in [5, 5.41) is 7.12. The molecule has 1 N–H and O–H groups in total. The maximum absolute atomic E-state index is 12.4. The molecule has 0 atom stereocenters. The van der Waals surface area contributed by atoms with E-state index in [0.717, 1.165) is 42.9 Å². The first-order valence-electron chi connectivity index (χ1n) is 8.94. The molecule has 3 heterocycles.